The van der Waals surface area contributed by atoms with E-state index in [2.05, 4.69) is 5.32 Å². The monoisotopic (exact) mass is 295 g/mol. The molecule has 2 aromatic carbocycles. The summed E-state index contributed by atoms with van der Waals surface area (Å²) in [6, 6.07) is 8.78. The van der Waals surface area contributed by atoms with Gasteiger partial charge in [-0.2, -0.15) is 0 Å². The Morgan fingerprint density at radius 1 is 1.05 bits per heavy atom. The first kappa shape index (κ1) is 15.4. The lowest BCUT2D eigenvalue weighted by Crippen LogP contribution is -2.19. The highest BCUT2D eigenvalue weighted by Gasteiger charge is 2.11. The van der Waals surface area contributed by atoms with Crippen molar-refractivity contribution in [3.8, 4) is 5.75 Å². The number of benzene rings is 2. The van der Waals surface area contributed by atoms with Crippen LogP contribution in [0.5, 0.6) is 5.75 Å². The molecule has 5 heteroatoms. The zero-order valence-corrected chi connectivity index (χ0v) is 11.8. The van der Waals surface area contributed by atoms with Crippen molar-refractivity contribution in [1.82, 2.24) is 5.32 Å². The Morgan fingerprint density at radius 3 is 2.48 bits per heavy atom. The number of methoxy groups -OCH3 is 1. The number of nitrogens with one attached hydrogen (secondary N) is 1. The van der Waals surface area contributed by atoms with Crippen LogP contribution in [0.25, 0.3) is 0 Å². The van der Waals surface area contributed by atoms with Crippen LogP contribution < -0.4 is 10.1 Å². The fourth-order valence-corrected chi connectivity index (χ4v) is 1.99. The Morgan fingerprint density at radius 2 is 1.76 bits per heavy atom. The molecule has 2 rings (SSSR count). The van der Waals surface area contributed by atoms with Crippen LogP contribution in [0, 0.1) is 17.5 Å². The highest BCUT2D eigenvalue weighted by molar-refractivity contribution is 5.30. The number of hydrogen-bond acceptors (Lipinski definition) is 2. The summed E-state index contributed by atoms with van der Waals surface area (Å²) in [5.74, 6) is -2.28. The predicted molar refractivity (Wildman–Crippen MR) is 74.6 cm³/mol. The van der Waals surface area contributed by atoms with Crippen molar-refractivity contribution in [1.29, 1.82) is 0 Å². The second-order valence-electron chi connectivity index (χ2n) is 4.74. The van der Waals surface area contributed by atoms with Gasteiger partial charge in [-0.25, -0.2) is 13.2 Å². The highest BCUT2D eigenvalue weighted by atomic mass is 19.2. The molecule has 0 heterocycles. The standard InChI is InChI=1S/C16H16F3NO/c1-10(11-4-3-5-13(6-11)21-2)20-9-12-7-15(18)16(19)8-14(12)17/h3-8,10,20H,9H2,1-2H3/t10-/m0/s1. The van der Waals surface area contributed by atoms with Crippen molar-refractivity contribution in [2.75, 3.05) is 7.11 Å². The lowest BCUT2D eigenvalue weighted by Gasteiger charge is -2.15. The molecule has 1 N–H and O–H groups in total. The van der Waals surface area contributed by atoms with Crippen molar-refractivity contribution in [2.45, 2.75) is 19.5 Å². The van der Waals surface area contributed by atoms with Gasteiger partial charge in [0.1, 0.15) is 11.6 Å². The van der Waals surface area contributed by atoms with Crippen LogP contribution >= 0.6 is 0 Å². The van der Waals surface area contributed by atoms with Gasteiger partial charge in [-0.3, -0.25) is 0 Å². The molecule has 0 amide bonds. The minimum Gasteiger partial charge on any atom is -0.497 e. The molecule has 0 saturated carbocycles. The summed E-state index contributed by atoms with van der Waals surface area (Å²) in [5.41, 5.74) is 1.04. The van der Waals surface area contributed by atoms with E-state index < -0.39 is 17.5 Å². The minimum atomic E-state index is -1.18. The largest absolute Gasteiger partial charge is 0.497 e. The first-order chi connectivity index (χ1) is 10.0. The van der Waals surface area contributed by atoms with Crippen LogP contribution in [0.3, 0.4) is 0 Å². The van der Waals surface area contributed by atoms with E-state index in [4.69, 9.17) is 4.74 Å². The molecular weight excluding hydrogens is 279 g/mol. The van der Waals surface area contributed by atoms with Gasteiger partial charge in [0.2, 0.25) is 0 Å². The van der Waals surface area contributed by atoms with Crippen LogP contribution in [-0.4, -0.2) is 7.11 Å². The van der Waals surface area contributed by atoms with Gasteiger partial charge in [0.15, 0.2) is 11.6 Å². The third-order valence-corrected chi connectivity index (χ3v) is 3.28. The second kappa shape index (κ2) is 6.63. The molecule has 0 spiro atoms. The quantitative estimate of drug-likeness (QED) is 0.843. The molecule has 0 aliphatic heterocycles. The van der Waals surface area contributed by atoms with Crippen LogP contribution in [-0.2, 0) is 6.54 Å². The van der Waals surface area contributed by atoms with Gasteiger partial charge in [0, 0.05) is 24.2 Å². The summed E-state index contributed by atoms with van der Waals surface area (Å²) in [4.78, 5) is 0. The summed E-state index contributed by atoms with van der Waals surface area (Å²) >= 11 is 0. The molecule has 0 aliphatic carbocycles. The van der Waals surface area contributed by atoms with Gasteiger partial charge >= 0.3 is 0 Å². The number of hydrogen-bond donors (Lipinski definition) is 1. The zero-order valence-electron chi connectivity index (χ0n) is 11.8. The Bertz CT molecular complexity index is 631. The first-order valence-corrected chi connectivity index (χ1v) is 6.52. The summed E-state index contributed by atoms with van der Waals surface area (Å²) < 4.78 is 44.6. The first-order valence-electron chi connectivity index (χ1n) is 6.52. The predicted octanol–water partition coefficient (Wildman–Crippen LogP) is 3.96. The second-order valence-corrected chi connectivity index (χ2v) is 4.74. The molecule has 2 aromatic rings. The maximum absolute atomic E-state index is 13.5. The summed E-state index contributed by atoms with van der Waals surface area (Å²) in [7, 11) is 1.58. The van der Waals surface area contributed by atoms with Crippen molar-refractivity contribution < 1.29 is 17.9 Å². The topological polar surface area (TPSA) is 21.3 Å². The molecule has 2 nitrogen and oxygen atoms in total. The number of halogens is 3. The Kier molecular flexibility index (Phi) is 4.85. The normalized spacial score (nSPS) is 12.2. The molecule has 0 radical (unpaired) electrons. The lowest BCUT2D eigenvalue weighted by molar-refractivity contribution is 0.413. The summed E-state index contributed by atoms with van der Waals surface area (Å²) in [5, 5.41) is 3.07. The summed E-state index contributed by atoms with van der Waals surface area (Å²) in [6.07, 6.45) is 0. The van der Waals surface area contributed by atoms with Gasteiger partial charge in [-0.1, -0.05) is 12.1 Å². The van der Waals surface area contributed by atoms with Crippen molar-refractivity contribution in [3.63, 3.8) is 0 Å². The molecule has 0 aromatic heterocycles. The van der Waals surface area contributed by atoms with Gasteiger partial charge in [0.05, 0.1) is 7.11 Å². The fraction of sp³-hybridized carbons (Fsp3) is 0.250. The van der Waals surface area contributed by atoms with Gasteiger partial charge < -0.3 is 10.1 Å². The zero-order chi connectivity index (χ0) is 15.4. The van der Waals surface area contributed by atoms with Crippen molar-refractivity contribution in [2.24, 2.45) is 0 Å². The third kappa shape index (κ3) is 3.76. The molecule has 0 saturated heterocycles. The Labute approximate surface area is 121 Å². The minimum absolute atomic E-state index is 0.0867. The molecule has 0 aliphatic rings. The third-order valence-electron chi connectivity index (χ3n) is 3.28. The number of rotatable bonds is 5. The number of ether oxygens (including phenoxy) is 1. The van der Waals surface area contributed by atoms with E-state index in [1.165, 1.54) is 0 Å². The van der Waals surface area contributed by atoms with Gasteiger partial charge in [-0.15, -0.1) is 0 Å². The van der Waals surface area contributed by atoms with E-state index in [9.17, 15) is 13.2 Å². The smallest absolute Gasteiger partial charge is 0.161 e. The van der Waals surface area contributed by atoms with E-state index in [1.807, 2.05) is 31.2 Å². The molecule has 112 valence electrons. The van der Waals surface area contributed by atoms with E-state index >= 15 is 0 Å². The van der Waals surface area contributed by atoms with E-state index in [-0.39, 0.29) is 18.2 Å². The van der Waals surface area contributed by atoms with Crippen LogP contribution in [0.1, 0.15) is 24.1 Å². The van der Waals surface area contributed by atoms with Gasteiger partial charge in [-0.05, 0) is 30.7 Å². The average Bonchev–Trinajstić information content (AvgIpc) is 2.49. The average molecular weight is 295 g/mol. The Hall–Kier alpha value is -2.01. The maximum atomic E-state index is 13.5. The molecule has 0 fully saturated rings. The van der Waals surface area contributed by atoms with Crippen LogP contribution in [0.4, 0.5) is 13.2 Å². The van der Waals surface area contributed by atoms with Crippen molar-refractivity contribution in [3.05, 3.63) is 65.0 Å². The molecule has 1 atom stereocenters. The Balaban J connectivity index is 2.07. The molecule has 0 unspecified atom stereocenters. The van der Waals surface area contributed by atoms with Crippen LogP contribution in [0.15, 0.2) is 36.4 Å². The maximum Gasteiger partial charge on any atom is 0.161 e. The SMILES string of the molecule is COc1cccc([C@H](C)NCc2cc(F)c(F)cc2F)c1. The molecule has 0 bridgehead atoms. The highest BCUT2D eigenvalue weighted by Crippen LogP contribution is 2.20. The van der Waals surface area contributed by atoms with E-state index in [1.54, 1.807) is 7.11 Å². The molecule has 21 heavy (non-hydrogen) atoms. The van der Waals surface area contributed by atoms with Crippen molar-refractivity contribution >= 4 is 0 Å². The molecular formula is C16H16F3NO. The van der Waals surface area contributed by atoms with Crippen LogP contribution in [0.2, 0.25) is 0 Å². The fourth-order valence-electron chi connectivity index (χ4n) is 1.99. The van der Waals surface area contributed by atoms with E-state index in [0.29, 0.717) is 6.07 Å². The summed E-state index contributed by atoms with van der Waals surface area (Å²) in [6.45, 7) is 1.99. The van der Waals surface area contributed by atoms with E-state index in [0.717, 1.165) is 17.4 Å². The lowest BCUT2D eigenvalue weighted by atomic mass is 10.1. The van der Waals surface area contributed by atoms with Gasteiger partial charge in [0.25, 0.3) is 0 Å².